The Hall–Kier alpha value is -2.70. The molecule has 0 saturated heterocycles. The van der Waals surface area contributed by atoms with Crippen LogP contribution in [0.4, 0.5) is 0 Å². The average molecular weight is 289 g/mol. The first-order chi connectivity index (χ1) is 9.97. The molecule has 110 valence electrons. The lowest BCUT2D eigenvalue weighted by molar-refractivity contribution is -0.130. The Labute approximate surface area is 121 Å². The van der Waals surface area contributed by atoms with Crippen LogP contribution in [0.15, 0.2) is 29.4 Å². The van der Waals surface area contributed by atoms with Crippen molar-refractivity contribution in [2.75, 3.05) is 7.05 Å². The number of amides is 2. The molecule has 0 aromatic heterocycles. The monoisotopic (exact) mass is 289 g/mol. The molecule has 2 N–H and O–H groups in total. The maximum Gasteiger partial charge on any atom is 0.335 e. The standard InChI is InChI=1S/C14H15N3O4/c1-17-12(18)6-5-11(16-17)13(19)15-8-9-3-2-4-10(7-9)14(20)21/h2-4,7H,5-6,8H2,1H3,(H,15,19)(H,20,21). The lowest BCUT2D eigenvalue weighted by Crippen LogP contribution is -2.37. The van der Waals surface area contributed by atoms with Crippen LogP contribution in [-0.2, 0) is 16.1 Å². The molecule has 0 fully saturated rings. The van der Waals surface area contributed by atoms with E-state index in [1.54, 1.807) is 12.1 Å². The minimum absolute atomic E-state index is 0.124. The zero-order valence-corrected chi connectivity index (χ0v) is 11.5. The van der Waals surface area contributed by atoms with Crippen LogP contribution < -0.4 is 5.32 Å². The number of benzene rings is 1. The number of rotatable bonds is 4. The Bertz CT molecular complexity index is 624. The van der Waals surface area contributed by atoms with Crippen LogP contribution in [0.2, 0.25) is 0 Å². The van der Waals surface area contributed by atoms with Crippen LogP contribution >= 0.6 is 0 Å². The van der Waals surface area contributed by atoms with Gasteiger partial charge in [0.05, 0.1) is 5.56 Å². The van der Waals surface area contributed by atoms with E-state index in [0.29, 0.717) is 17.7 Å². The van der Waals surface area contributed by atoms with Gasteiger partial charge in [0.1, 0.15) is 5.71 Å². The highest BCUT2D eigenvalue weighted by Gasteiger charge is 2.21. The molecule has 0 unspecified atom stereocenters. The van der Waals surface area contributed by atoms with Crippen molar-refractivity contribution in [2.45, 2.75) is 19.4 Å². The third-order valence-corrected chi connectivity index (χ3v) is 3.10. The minimum Gasteiger partial charge on any atom is -0.478 e. The Morgan fingerprint density at radius 1 is 1.38 bits per heavy atom. The molecule has 1 aliphatic rings. The predicted molar refractivity (Wildman–Crippen MR) is 74.7 cm³/mol. The number of nitrogens with zero attached hydrogens (tertiary/aromatic N) is 2. The molecule has 0 spiro atoms. The molecule has 2 amide bonds. The van der Waals surface area contributed by atoms with Crippen molar-refractivity contribution < 1.29 is 19.5 Å². The van der Waals surface area contributed by atoms with Crippen molar-refractivity contribution in [3.8, 4) is 0 Å². The van der Waals surface area contributed by atoms with E-state index in [1.807, 2.05) is 0 Å². The van der Waals surface area contributed by atoms with Crippen LogP contribution in [0.5, 0.6) is 0 Å². The van der Waals surface area contributed by atoms with Gasteiger partial charge in [-0.05, 0) is 17.7 Å². The summed E-state index contributed by atoms with van der Waals surface area (Å²) < 4.78 is 0. The molecule has 2 rings (SSSR count). The number of carboxylic acid groups (broad SMARTS) is 1. The van der Waals surface area contributed by atoms with Gasteiger partial charge in [-0.3, -0.25) is 9.59 Å². The fourth-order valence-electron chi connectivity index (χ4n) is 1.93. The van der Waals surface area contributed by atoms with E-state index in [0.717, 1.165) is 5.01 Å². The van der Waals surface area contributed by atoms with E-state index in [2.05, 4.69) is 10.4 Å². The van der Waals surface area contributed by atoms with Gasteiger partial charge in [0.2, 0.25) is 5.91 Å². The summed E-state index contributed by atoms with van der Waals surface area (Å²) in [6, 6.07) is 6.33. The molecule has 21 heavy (non-hydrogen) atoms. The zero-order chi connectivity index (χ0) is 15.4. The molecular formula is C14H15N3O4. The lowest BCUT2D eigenvalue weighted by atomic mass is 10.1. The van der Waals surface area contributed by atoms with Crippen LogP contribution in [0.25, 0.3) is 0 Å². The van der Waals surface area contributed by atoms with Gasteiger partial charge in [0.15, 0.2) is 0 Å². The second-order valence-corrected chi connectivity index (χ2v) is 4.65. The van der Waals surface area contributed by atoms with Crippen molar-refractivity contribution in [1.29, 1.82) is 0 Å². The molecule has 7 heteroatoms. The van der Waals surface area contributed by atoms with Crippen molar-refractivity contribution >= 4 is 23.5 Å². The van der Waals surface area contributed by atoms with Gasteiger partial charge in [0, 0.05) is 26.4 Å². The molecule has 0 saturated carbocycles. The SMILES string of the molecule is CN1N=C(C(=O)NCc2cccc(C(=O)O)c2)CCC1=O. The summed E-state index contributed by atoms with van der Waals surface area (Å²) in [6.07, 6.45) is 0.571. The summed E-state index contributed by atoms with van der Waals surface area (Å²) >= 11 is 0. The van der Waals surface area contributed by atoms with E-state index in [4.69, 9.17) is 5.11 Å². The first kappa shape index (κ1) is 14.7. The largest absolute Gasteiger partial charge is 0.478 e. The van der Waals surface area contributed by atoms with Gasteiger partial charge < -0.3 is 10.4 Å². The highest BCUT2D eigenvalue weighted by atomic mass is 16.4. The number of hydrogen-bond donors (Lipinski definition) is 2. The predicted octanol–water partition coefficient (Wildman–Crippen LogP) is 0.609. The van der Waals surface area contributed by atoms with Gasteiger partial charge in [-0.2, -0.15) is 5.10 Å². The van der Waals surface area contributed by atoms with Crippen LogP contribution in [-0.4, -0.2) is 40.7 Å². The number of hydrogen-bond acceptors (Lipinski definition) is 4. The van der Waals surface area contributed by atoms with Gasteiger partial charge in [0.25, 0.3) is 5.91 Å². The molecule has 1 aromatic carbocycles. The summed E-state index contributed by atoms with van der Waals surface area (Å²) in [5, 5.41) is 16.6. The highest BCUT2D eigenvalue weighted by molar-refractivity contribution is 6.39. The Morgan fingerprint density at radius 3 is 2.81 bits per heavy atom. The molecule has 0 aliphatic carbocycles. The van der Waals surface area contributed by atoms with Crippen LogP contribution in [0.1, 0.15) is 28.8 Å². The summed E-state index contributed by atoms with van der Waals surface area (Å²) in [4.78, 5) is 34.1. The smallest absolute Gasteiger partial charge is 0.335 e. The number of carboxylic acids is 1. The van der Waals surface area contributed by atoms with E-state index >= 15 is 0 Å². The van der Waals surface area contributed by atoms with E-state index in [9.17, 15) is 14.4 Å². The fraction of sp³-hybridized carbons (Fsp3) is 0.286. The minimum atomic E-state index is -1.01. The molecular weight excluding hydrogens is 274 g/mol. The van der Waals surface area contributed by atoms with Crippen molar-refractivity contribution in [3.63, 3.8) is 0 Å². The normalized spacial score (nSPS) is 14.6. The lowest BCUT2D eigenvalue weighted by Gasteiger charge is -2.18. The quantitative estimate of drug-likeness (QED) is 0.848. The number of nitrogens with one attached hydrogen (secondary N) is 1. The van der Waals surface area contributed by atoms with E-state index in [-0.39, 0.29) is 30.3 Å². The molecule has 0 bridgehead atoms. The molecule has 0 atom stereocenters. The van der Waals surface area contributed by atoms with Crippen molar-refractivity contribution in [1.82, 2.24) is 10.3 Å². The van der Waals surface area contributed by atoms with E-state index < -0.39 is 5.97 Å². The van der Waals surface area contributed by atoms with Gasteiger partial charge in [-0.1, -0.05) is 12.1 Å². The summed E-state index contributed by atoms with van der Waals surface area (Å²) in [7, 11) is 1.51. The fourth-order valence-corrected chi connectivity index (χ4v) is 1.93. The molecule has 1 heterocycles. The third kappa shape index (κ3) is 3.65. The number of carbonyl (C=O) groups is 3. The number of carbonyl (C=O) groups excluding carboxylic acids is 2. The van der Waals surface area contributed by atoms with Crippen molar-refractivity contribution in [3.05, 3.63) is 35.4 Å². The third-order valence-electron chi connectivity index (χ3n) is 3.10. The maximum atomic E-state index is 11.9. The molecule has 0 radical (unpaired) electrons. The first-order valence-electron chi connectivity index (χ1n) is 6.42. The van der Waals surface area contributed by atoms with Crippen LogP contribution in [0.3, 0.4) is 0 Å². The number of aromatic carboxylic acids is 1. The van der Waals surface area contributed by atoms with Gasteiger partial charge in [-0.15, -0.1) is 0 Å². The molecule has 1 aromatic rings. The second-order valence-electron chi connectivity index (χ2n) is 4.65. The van der Waals surface area contributed by atoms with Crippen molar-refractivity contribution in [2.24, 2.45) is 5.10 Å². The average Bonchev–Trinajstić information content (AvgIpc) is 2.48. The second kappa shape index (κ2) is 6.17. The molecule has 1 aliphatic heterocycles. The summed E-state index contributed by atoms with van der Waals surface area (Å²) in [6.45, 7) is 0.205. The Kier molecular flexibility index (Phi) is 4.32. The zero-order valence-electron chi connectivity index (χ0n) is 11.5. The first-order valence-corrected chi connectivity index (χ1v) is 6.42. The Balaban J connectivity index is 1.98. The van der Waals surface area contributed by atoms with Crippen LogP contribution in [0, 0.1) is 0 Å². The van der Waals surface area contributed by atoms with E-state index in [1.165, 1.54) is 19.2 Å². The maximum absolute atomic E-state index is 11.9. The number of hydrazone groups is 1. The highest BCUT2D eigenvalue weighted by Crippen LogP contribution is 2.08. The molecule has 7 nitrogen and oxygen atoms in total. The summed E-state index contributed by atoms with van der Waals surface area (Å²) in [5.74, 6) is -1.49. The van der Waals surface area contributed by atoms with Gasteiger partial charge in [-0.25, -0.2) is 9.80 Å². The summed E-state index contributed by atoms with van der Waals surface area (Å²) in [5.41, 5.74) is 1.15. The topological polar surface area (TPSA) is 99.1 Å². The van der Waals surface area contributed by atoms with Gasteiger partial charge >= 0.3 is 5.97 Å². The Morgan fingerprint density at radius 2 is 2.14 bits per heavy atom.